The molecule has 0 fully saturated rings. The average Bonchev–Trinajstić information content (AvgIpc) is 3.47. The van der Waals surface area contributed by atoms with E-state index in [4.69, 9.17) is 14.6 Å². The van der Waals surface area contributed by atoms with Gasteiger partial charge in [0.05, 0.1) is 37.6 Å². The van der Waals surface area contributed by atoms with E-state index in [2.05, 4.69) is 37.9 Å². The summed E-state index contributed by atoms with van der Waals surface area (Å²) in [5.74, 6) is 0.116. The summed E-state index contributed by atoms with van der Waals surface area (Å²) in [6, 6.07) is 20.9. The number of rotatable bonds is 4. The molecule has 7 aromatic rings. The molecule has 2 heterocycles. The number of imidazole rings is 1. The number of aromatic nitrogens is 3. The van der Waals surface area contributed by atoms with E-state index in [-0.39, 0.29) is 33.4 Å². The van der Waals surface area contributed by atoms with Crippen molar-refractivity contribution in [1.82, 2.24) is 14.5 Å². The number of nitrogens with zero attached hydrogens (tertiary/aromatic N) is 3. The Balaban J connectivity index is 1.65. The zero-order chi connectivity index (χ0) is 34.9. The highest BCUT2D eigenvalue weighted by Gasteiger charge is 2.22. The van der Waals surface area contributed by atoms with Crippen molar-refractivity contribution in [2.24, 2.45) is 0 Å². The SMILES string of the molecule is [2H]c1c([2H])c([2H])c2c(-n3c(-c4ccccc4O)nc4c(-c5cc(-c6ccccn6)cc(C(C)(C)C)c5)cccc43)c([2H])c([2H])c([2H])c2c1[2H]. The van der Waals surface area contributed by atoms with Gasteiger partial charge in [-0.1, -0.05) is 93.4 Å². The fourth-order valence-corrected chi connectivity index (χ4v) is 5.27. The van der Waals surface area contributed by atoms with Crippen LogP contribution < -0.4 is 0 Å². The first-order valence-corrected chi connectivity index (χ1v) is 13.7. The molecule has 0 aliphatic heterocycles. The summed E-state index contributed by atoms with van der Waals surface area (Å²) in [5.41, 5.74) is 5.47. The number of aromatic hydroxyl groups is 1. The summed E-state index contributed by atoms with van der Waals surface area (Å²) in [7, 11) is 0. The van der Waals surface area contributed by atoms with Crippen LogP contribution in [-0.4, -0.2) is 19.6 Å². The van der Waals surface area contributed by atoms with Gasteiger partial charge in [-0.2, -0.15) is 0 Å². The van der Waals surface area contributed by atoms with E-state index < -0.39 is 42.3 Å². The van der Waals surface area contributed by atoms with Gasteiger partial charge < -0.3 is 5.11 Å². The molecule has 204 valence electrons. The molecule has 1 N–H and O–H groups in total. The normalized spacial score (nSPS) is 14.1. The van der Waals surface area contributed by atoms with Crippen molar-refractivity contribution in [2.75, 3.05) is 0 Å². The Kier molecular flexibility index (Phi) is 4.53. The van der Waals surface area contributed by atoms with Crippen LogP contribution in [0.2, 0.25) is 0 Å². The summed E-state index contributed by atoms with van der Waals surface area (Å²) in [5, 5.41) is 10.9. The highest BCUT2D eigenvalue weighted by Crippen LogP contribution is 2.40. The molecule has 0 atom stereocenters. The largest absolute Gasteiger partial charge is 0.507 e. The molecule has 0 aliphatic rings. The zero-order valence-electron chi connectivity index (χ0n) is 30.4. The van der Waals surface area contributed by atoms with E-state index >= 15 is 0 Å². The van der Waals surface area contributed by atoms with Crippen molar-refractivity contribution in [3.05, 3.63) is 133 Å². The quantitative estimate of drug-likeness (QED) is 0.236. The standard InChI is InChI=1S/C38H31N3O/c1-38(2,3)28-23-26(22-27(24-28)32-17-8-9-21-39-32)30-16-11-19-34-36(30)40-37(31-15-6-7-20-35(31)42)41(34)33-18-10-13-25-12-4-5-14-29(25)33/h4-24,42H,1-3H3/i4D,5D,10D,12D,13D,14D,18D. The number of phenols is 1. The topological polar surface area (TPSA) is 50.9 Å². The van der Waals surface area contributed by atoms with E-state index in [1.54, 1.807) is 35.0 Å². The van der Waals surface area contributed by atoms with Crippen molar-refractivity contribution in [2.45, 2.75) is 26.2 Å². The minimum Gasteiger partial charge on any atom is -0.507 e. The van der Waals surface area contributed by atoms with Crippen LogP contribution >= 0.6 is 0 Å². The lowest BCUT2D eigenvalue weighted by Crippen LogP contribution is -2.11. The van der Waals surface area contributed by atoms with E-state index in [1.165, 1.54) is 6.07 Å². The number of fused-ring (bicyclic) bond motifs is 2. The third kappa shape index (κ3) is 4.42. The molecule has 0 bridgehead atoms. The molecule has 42 heavy (non-hydrogen) atoms. The van der Waals surface area contributed by atoms with Crippen LogP contribution in [0.3, 0.4) is 0 Å². The van der Waals surface area contributed by atoms with Gasteiger partial charge in [0, 0.05) is 22.7 Å². The fourth-order valence-electron chi connectivity index (χ4n) is 5.27. The maximum atomic E-state index is 11.1. The molecule has 7 rings (SSSR count). The van der Waals surface area contributed by atoms with Gasteiger partial charge in [-0.15, -0.1) is 0 Å². The Morgan fingerprint density at radius 2 is 1.52 bits per heavy atom. The van der Waals surface area contributed by atoms with Gasteiger partial charge in [0.15, 0.2) is 0 Å². The van der Waals surface area contributed by atoms with Crippen LogP contribution in [0.15, 0.2) is 127 Å². The minimum absolute atomic E-state index is 0.0291. The minimum atomic E-state index is -0.532. The number of pyridine rings is 1. The van der Waals surface area contributed by atoms with Crippen LogP contribution in [0, 0.1) is 0 Å². The Labute approximate surface area is 255 Å². The Hall–Kier alpha value is -5.22. The second kappa shape index (κ2) is 10.0. The van der Waals surface area contributed by atoms with Crippen LogP contribution in [-0.2, 0) is 5.41 Å². The first-order valence-electron chi connectivity index (χ1n) is 17.2. The second-order valence-corrected chi connectivity index (χ2v) is 11.2. The molecule has 0 saturated heterocycles. The zero-order valence-corrected chi connectivity index (χ0v) is 23.4. The Bertz CT molecular complexity index is 2460. The summed E-state index contributed by atoms with van der Waals surface area (Å²) in [4.78, 5) is 9.68. The van der Waals surface area contributed by atoms with E-state index in [0.29, 0.717) is 16.6 Å². The van der Waals surface area contributed by atoms with Gasteiger partial charge in [0.1, 0.15) is 11.6 Å². The van der Waals surface area contributed by atoms with Crippen molar-refractivity contribution in [1.29, 1.82) is 0 Å². The predicted molar refractivity (Wildman–Crippen MR) is 173 cm³/mol. The van der Waals surface area contributed by atoms with E-state index in [9.17, 15) is 5.11 Å². The van der Waals surface area contributed by atoms with Crippen LogP contribution in [0.1, 0.15) is 35.9 Å². The van der Waals surface area contributed by atoms with Gasteiger partial charge >= 0.3 is 0 Å². The van der Waals surface area contributed by atoms with Crippen LogP contribution in [0.4, 0.5) is 0 Å². The number of hydrogen-bond donors (Lipinski definition) is 1. The van der Waals surface area contributed by atoms with Gasteiger partial charge in [0.2, 0.25) is 0 Å². The fraction of sp³-hybridized carbons (Fsp3) is 0.105. The van der Waals surface area contributed by atoms with Crippen LogP contribution in [0.25, 0.3) is 61.3 Å². The second-order valence-electron chi connectivity index (χ2n) is 11.2. The number of para-hydroxylation sites is 2. The maximum absolute atomic E-state index is 11.1. The molecule has 2 aromatic heterocycles. The molecule has 0 radical (unpaired) electrons. The van der Waals surface area contributed by atoms with Crippen molar-refractivity contribution < 1.29 is 14.7 Å². The first-order chi connectivity index (χ1) is 23.3. The molecular formula is C38H31N3O. The molecular weight excluding hydrogens is 514 g/mol. The average molecular weight is 553 g/mol. The number of hydrogen-bond acceptors (Lipinski definition) is 3. The first kappa shape index (κ1) is 19.0. The highest BCUT2D eigenvalue weighted by atomic mass is 16.3. The van der Waals surface area contributed by atoms with Gasteiger partial charge in [-0.3, -0.25) is 9.55 Å². The number of benzene rings is 5. The van der Waals surface area contributed by atoms with Gasteiger partial charge in [0.25, 0.3) is 0 Å². The molecule has 0 spiro atoms. The highest BCUT2D eigenvalue weighted by molar-refractivity contribution is 5.99. The lowest BCUT2D eigenvalue weighted by Gasteiger charge is -2.21. The summed E-state index contributed by atoms with van der Waals surface area (Å²) in [6.07, 6.45) is 1.75. The molecule has 0 unspecified atom stereocenters. The third-order valence-corrected chi connectivity index (χ3v) is 7.42. The molecule has 4 heteroatoms. The Morgan fingerprint density at radius 1 is 0.762 bits per heavy atom. The van der Waals surface area contributed by atoms with Crippen molar-refractivity contribution in [3.63, 3.8) is 0 Å². The third-order valence-electron chi connectivity index (χ3n) is 7.42. The molecule has 0 amide bonds. The Morgan fingerprint density at radius 3 is 2.33 bits per heavy atom. The van der Waals surface area contributed by atoms with E-state index in [0.717, 1.165) is 27.9 Å². The maximum Gasteiger partial charge on any atom is 0.149 e. The summed E-state index contributed by atoms with van der Waals surface area (Å²) >= 11 is 0. The van der Waals surface area contributed by atoms with Crippen LogP contribution in [0.5, 0.6) is 5.75 Å². The molecule has 4 nitrogen and oxygen atoms in total. The lowest BCUT2D eigenvalue weighted by molar-refractivity contribution is 0.477. The van der Waals surface area contributed by atoms with Crippen molar-refractivity contribution in [3.8, 4) is 45.2 Å². The smallest absolute Gasteiger partial charge is 0.149 e. The van der Waals surface area contributed by atoms with Gasteiger partial charge in [-0.05, 0) is 70.4 Å². The molecule has 0 saturated carbocycles. The predicted octanol–water partition coefficient (Wildman–Crippen LogP) is 9.58. The lowest BCUT2D eigenvalue weighted by atomic mass is 9.83. The van der Waals surface area contributed by atoms with E-state index in [1.807, 2.05) is 36.4 Å². The number of phenolic OH excluding ortho intramolecular Hbond substituents is 1. The summed E-state index contributed by atoms with van der Waals surface area (Å²) in [6.45, 7) is 6.41. The van der Waals surface area contributed by atoms with Gasteiger partial charge in [-0.25, -0.2) is 4.98 Å². The monoisotopic (exact) mass is 552 g/mol. The molecule has 5 aromatic carbocycles. The van der Waals surface area contributed by atoms with Crippen molar-refractivity contribution >= 4 is 21.8 Å². The molecule has 0 aliphatic carbocycles. The summed E-state index contributed by atoms with van der Waals surface area (Å²) < 4.78 is 62.4.